The van der Waals surface area contributed by atoms with Gasteiger partial charge in [0.2, 0.25) is 0 Å². The number of rotatable bonds is 7. The maximum absolute atomic E-state index is 11.0. The van der Waals surface area contributed by atoms with Crippen LogP contribution >= 0.6 is 0 Å². The summed E-state index contributed by atoms with van der Waals surface area (Å²) in [4.78, 5) is 11.0. The SMILES string of the molecule is CCCOc1cc(C)c(CCCC(C)=O)c(C)c1. The molecule has 0 amide bonds. The van der Waals surface area contributed by atoms with Crippen molar-refractivity contribution in [3.8, 4) is 5.75 Å². The Labute approximate surface area is 110 Å². The van der Waals surface area contributed by atoms with E-state index in [1.54, 1.807) is 6.92 Å². The molecule has 0 atom stereocenters. The Balaban J connectivity index is 2.71. The first-order valence-corrected chi connectivity index (χ1v) is 6.77. The molecule has 2 nitrogen and oxygen atoms in total. The molecule has 0 heterocycles. The molecule has 0 spiro atoms. The fourth-order valence-electron chi connectivity index (χ4n) is 2.17. The summed E-state index contributed by atoms with van der Waals surface area (Å²) < 4.78 is 5.66. The van der Waals surface area contributed by atoms with E-state index in [2.05, 4.69) is 32.9 Å². The van der Waals surface area contributed by atoms with Gasteiger partial charge in [-0.25, -0.2) is 0 Å². The third kappa shape index (κ3) is 4.52. The number of hydrogen-bond acceptors (Lipinski definition) is 2. The lowest BCUT2D eigenvalue weighted by Gasteiger charge is -2.13. The molecule has 0 aromatic heterocycles. The van der Waals surface area contributed by atoms with Crippen LogP contribution in [0.2, 0.25) is 0 Å². The van der Waals surface area contributed by atoms with Crippen LogP contribution in [-0.2, 0) is 11.2 Å². The summed E-state index contributed by atoms with van der Waals surface area (Å²) in [5.41, 5.74) is 3.90. The Morgan fingerprint density at radius 2 is 1.83 bits per heavy atom. The molecule has 0 aliphatic heterocycles. The zero-order valence-electron chi connectivity index (χ0n) is 12.0. The van der Waals surface area contributed by atoms with Crippen LogP contribution in [0.1, 0.15) is 49.8 Å². The Bertz CT molecular complexity index is 385. The van der Waals surface area contributed by atoms with Gasteiger partial charge in [0.25, 0.3) is 0 Å². The summed E-state index contributed by atoms with van der Waals surface area (Å²) in [7, 11) is 0. The standard InChI is InChI=1S/C16H24O2/c1-5-9-18-15-10-12(2)16(13(3)11-15)8-6-7-14(4)17/h10-11H,5-9H2,1-4H3. The van der Waals surface area contributed by atoms with Gasteiger partial charge in [0, 0.05) is 6.42 Å². The van der Waals surface area contributed by atoms with Gasteiger partial charge in [0.15, 0.2) is 0 Å². The van der Waals surface area contributed by atoms with Crippen LogP contribution in [-0.4, -0.2) is 12.4 Å². The molecule has 0 saturated carbocycles. The van der Waals surface area contributed by atoms with Crippen LogP contribution in [0.15, 0.2) is 12.1 Å². The van der Waals surface area contributed by atoms with Crippen molar-refractivity contribution in [2.45, 2.75) is 53.4 Å². The molecule has 100 valence electrons. The third-order valence-corrected chi connectivity index (χ3v) is 3.10. The Hall–Kier alpha value is -1.31. The largest absolute Gasteiger partial charge is 0.494 e. The van der Waals surface area contributed by atoms with Crippen molar-refractivity contribution in [1.82, 2.24) is 0 Å². The second-order valence-electron chi connectivity index (χ2n) is 4.94. The number of hydrogen-bond donors (Lipinski definition) is 0. The molecule has 1 aromatic rings. The fourth-order valence-corrected chi connectivity index (χ4v) is 2.17. The molecule has 0 radical (unpaired) electrons. The maximum Gasteiger partial charge on any atom is 0.129 e. The van der Waals surface area contributed by atoms with E-state index in [0.717, 1.165) is 31.6 Å². The molecule has 18 heavy (non-hydrogen) atoms. The Kier molecular flexibility index (Phi) is 5.90. The van der Waals surface area contributed by atoms with Crippen molar-refractivity contribution >= 4 is 5.78 Å². The molecule has 0 saturated heterocycles. The summed E-state index contributed by atoms with van der Waals surface area (Å²) in [5, 5.41) is 0. The predicted octanol–water partition coefficient (Wildman–Crippen LogP) is 4.00. The summed E-state index contributed by atoms with van der Waals surface area (Å²) in [6, 6.07) is 4.21. The Morgan fingerprint density at radius 3 is 2.33 bits per heavy atom. The van der Waals surface area contributed by atoms with Crippen LogP contribution in [0.3, 0.4) is 0 Å². The van der Waals surface area contributed by atoms with Gasteiger partial charge in [-0.1, -0.05) is 6.92 Å². The van der Waals surface area contributed by atoms with E-state index in [-0.39, 0.29) is 5.78 Å². The number of Topliss-reactive ketones (excluding diaryl/α,β-unsaturated/α-hetero) is 1. The van der Waals surface area contributed by atoms with Gasteiger partial charge in [-0.3, -0.25) is 0 Å². The molecular weight excluding hydrogens is 224 g/mol. The van der Waals surface area contributed by atoms with Crippen molar-refractivity contribution in [1.29, 1.82) is 0 Å². The highest BCUT2D eigenvalue weighted by molar-refractivity contribution is 5.75. The molecule has 0 aliphatic carbocycles. The normalized spacial score (nSPS) is 10.4. The topological polar surface area (TPSA) is 26.3 Å². The number of carbonyl (C=O) groups is 1. The number of benzene rings is 1. The molecule has 0 N–H and O–H groups in total. The minimum atomic E-state index is 0.271. The first kappa shape index (κ1) is 14.7. The summed E-state index contributed by atoms with van der Waals surface area (Å²) in [6.07, 6.45) is 3.61. The van der Waals surface area contributed by atoms with Gasteiger partial charge < -0.3 is 9.53 Å². The highest BCUT2D eigenvalue weighted by Crippen LogP contribution is 2.23. The molecule has 0 aliphatic rings. The average Bonchev–Trinajstić information content (AvgIpc) is 2.29. The van der Waals surface area contributed by atoms with E-state index in [1.165, 1.54) is 16.7 Å². The highest BCUT2D eigenvalue weighted by atomic mass is 16.5. The molecule has 2 heteroatoms. The first-order chi connectivity index (χ1) is 8.54. The number of carbonyl (C=O) groups excluding carboxylic acids is 1. The van der Waals surface area contributed by atoms with Crippen LogP contribution in [0.5, 0.6) is 5.75 Å². The van der Waals surface area contributed by atoms with Crippen molar-refractivity contribution in [3.05, 3.63) is 28.8 Å². The highest BCUT2D eigenvalue weighted by Gasteiger charge is 2.06. The molecule has 1 aromatic carbocycles. The minimum absolute atomic E-state index is 0.271. The van der Waals surface area contributed by atoms with Crippen LogP contribution < -0.4 is 4.74 Å². The quantitative estimate of drug-likeness (QED) is 0.729. The third-order valence-electron chi connectivity index (χ3n) is 3.10. The summed E-state index contributed by atoms with van der Waals surface area (Å²) in [5.74, 6) is 1.23. The number of ether oxygens (including phenoxy) is 1. The van der Waals surface area contributed by atoms with E-state index in [1.807, 2.05) is 0 Å². The zero-order chi connectivity index (χ0) is 13.5. The van der Waals surface area contributed by atoms with Gasteiger partial charge in [0.05, 0.1) is 6.61 Å². The second kappa shape index (κ2) is 7.20. The number of ketones is 1. The van der Waals surface area contributed by atoms with E-state index < -0.39 is 0 Å². The lowest BCUT2D eigenvalue weighted by Crippen LogP contribution is -2.00. The van der Waals surface area contributed by atoms with E-state index in [0.29, 0.717) is 6.42 Å². The smallest absolute Gasteiger partial charge is 0.129 e. The average molecular weight is 248 g/mol. The first-order valence-electron chi connectivity index (χ1n) is 6.77. The van der Waals surface area contributed by atoms with Crippen LogP contribution in [0.4, 0.5) is 0 Å². The van der Waals surface area contributed by atoms with Gasteiger partial charge in [-0.15, -0.1) is 0 Å². The van der Waals surface area contributed by atoms with E-state index in [4.69, 9.17) is 4.74 Å². The van der Waals surface area contributed by atoms with Crippen LogP contribution in [0, 0.1) is 13.8 Å². The minimum Gasteiger partial charge on any atom is -0.494 e. The van der Waals surface area contributed by atoms with Gasteiger partial charge in [-0.05, 0) is 68.9 Å². The zero-order valence-corrected chi connectivity index (χ0v) is 12.0. The fraction of sp³-hybridized carbons (Fsp3) is 0.562. The monoisotopic (exact) mass is 248 g/mol. The van der Waals surface area contributed by atoms with Crippen molar-refractivity contribution in [2.75, 3.05) is 6.61 Å². The Morgan fingerprint density at radius 1 is 1.22 bits per heavy atom. The van der Waals surface area contributed by atoms with Gasteiger partial charge in [-0.2, -0.15) is 0 Å². The van der Waals surface area contributed by atoms with Crippen LogP contribution in [0.25, 0.3) is 0 Å². The van der Waals surface area contributed by atoms with Crippen molar-refractivity contribution in [3.63, 3.8) is 0 Å². The van der Waals surface area contributed by atoms with E-state index in [9.17, 15) is 4.79 Å². The van der Waals surface area contributed by atoms with Crippen molar-refractivity contribution in [2.24, 2.45) is 0 Å². The summed E-state index contributed by atoms with van der Waals surface area (Å²) >= 11 is 0. The summed E-state index contributed by atoms with van der Waals surface area (Å²) in [6.45, 7) is 8.77. The lowest BCUT2D eigenvalue weighted by molar-refractivity contribution is -0.117. The van der Waals surface area contributed by atoms with Crippen molar-refractivity contribution < 1.29 is 9.53 Å². The number of aryl methyl sites for hydroxylation is 2. The molecule has 1 rings (SSSR count). The van der Waals surface area contributed by atoms with Gasteiger partial charge >= 0.3 is 0 Å². The van der Waals surface area contributed by atoms with E-state index >= 15 is 0 Å². The molecule has 0 unspecified atom stereocenters. The molecular formula is C16H24O2. The van der Waals surface area contributed by atoms with Gasteiger partial charge in [0.1, 0.15) is 11.5 Å². The maximum atomic E-state index is 11.0. The predicted molar refractivity (Wildman–Crippen MR) is 75.3 cm³/mol. The molecule has 0 bridgehead atoms. The second-order valence-corrected chi connectivity index (χ2v) is 4.94. The lowest BCUT2D eigenvalue weighted by atomic mass is 9.97. The molecule has 0 fully saturated rings.